The molecule has 0 fully saturated rings. The Kier molecular flexibility index (Phi) is 4.90. The maximum atomic E-state index is 11.6. The summed E-state index contributed by atoms with van der Waals surface area (Å²) < 4.78 is 28.1. The van der Waals surface area contributed by atoms with Gasteiger partial charge in [0.05, 0.1) is 12.4 Å². The topological polar surface area (TPSA) is 130 Å². The van der Waals surface area contributed by atoms with Gasteiger partial charge in [0.2, 0.25) is 10.0 Å². The van der Waals surface area contributed by atoms with Crippen molar-refractivity contribution >= 4 is 21.8 Å². The highest BCUT2D eigenvalue weighted by molar-refractivity contribution is 7.89. The average molecular weight is 290 g/mol. The van der Waals surface area contributed by atoms with E-state index >= 15 is 0 Å². The summed E-state index contributed by atoms with van der Waals surface area (Å²) in [6, 6.07) is 0. The van der Waals surface area contributed by atoms with Gasteiger partial charge in [0.1, 0.15) is 11.6 Å². The number of rotatable bonds is 6. The van der Waals surface area contributed by atoms with Crippen LogP contribution in [0.1, 0.15) is 29.7 Å². The smallest absolute Gasteiger partial charge is 0.360 e. The minimum absolute atomic E-state index is 0.0509. The van der Waals surface area contributed by atoms with Crippen molar-refractivity contribution < 1.29 is 17.9 Å². The lowest BCUT2D eigenvalue weighted by atomic mass is 10.4. The number of imidazole rings is 1. The van der Waals surface area contributed by atoms with E-state index in [4.69, 9.17) is 15.6 Å². The van der Waals surface area contributed by atoms with Crippen molar-refractivity contribution in [1.82, 2.24) is 9.55 Å². The number of sulfonamides is 1. The first kappa shape index (κ1) is 15.4. The van der Waals surface area contributed by atoms with Crippen molar-refractivity contribution in [1.29, 1.82) is 0 Å². The predicted molar refractivity (Wildman–Crippen MR) is 69.9 cm³/mol. The number of carbonyl (C=O) groups excluding carboxylic acids is 1. The minimum Gasteiger partial charge on any atom is -0.461 e. The monoisotopic (exact) mass is 290 g/mol. The molecule has 0 bridgehead atoms. The molecule has 9 heteroatoms. The van der Waals surface area contributed by atoms with Crippen LogP contribution in [0.3, 0.4) is 0 Å². The van der Waals surface area contributed by atoms with Crippen molar-refractivity contribution in [3.63, 3.8) is 0 Å². The minimum atomic E-state index is -3.50. The van der Waals surface area contributed by atoms with E-state index in [-0.39, 0.29) is 23.9 Å². The number of hydrogen-bond donors (Lipinski definition) is 2. The van der Waals surface area contributed by atoms with Crippen molar-refractivity contribution in [2.24, 2.45) is 5.14 Å². The quantitative estimate of drug-likeness (QED) is 0.687. The molecule has 0 radical (unpaired) electrons. The molecule has 0 aliphatic rings. The number of esters is 1. The Morgan fingerprint density at radius 3 is 2.63 bits per heavy atom. The van der Waals surface area contributed by atoms with Crippen molar-refractivity contribution in [3.05, 3.63) is 11.5 Å². The Labute approximate surface area is 111 Å². The maximum absolute atomic E-state index is 11.6. The fourth-order valence-electron chi connectivity index (χ4n) is 1.64. The fourth-order valence-corrected chi connectivity index (χ4v) is 2.17. The van der Waals surface area contributed by atoms with Crippen LogP contribution in [0.2, 0.25) is 0 Å². The molecule has 0 spiro atoms. The number of nitrogen functional groups attached to an aromatic ring is 1. The summed E-state index contributed by atoms with van der Waals surface area (Å²) in [7, 11) is -3.50. The van der Waals surface area contributed by atoms with Crippen LogP contribution in [0, 0.1) is 6.92 Å². The van der Waals surface area contributed by atoms with Crippen LogP contribution in [0.25, 0.3) is 0 Å². The van der Waals surface area contributed by atoms with Gasteiger partial charge in [0.15, 0.2) is 5.69 Å². The highest BCUT2D eigenvalue weighted by Crippen LogP contribution is 2.16. The van der Waals surface area contributed by atoms with Gasteiger partial charge in [-0.25, -0.2) is 23.3 Å². The van der Waals surface area contributed by atoms with Gasteiger partial charge in [-0.1, -0.05) is 0 Å². The SMILES string of the molecule is CCOC(=O)c1nc(C)n(CCCS(N)(=O)=O)c1N. The molecule has 1 rings (SSSR count). The van der Waals surface area contributed by atoms with Gasteiger partial charge in [-0.15, -0.1) is 0 Å². The third-order valence-electron chi connectivity index (χ3n) is 2.48. The first-order valence-electron chi connectivity index (χ1n) is 5.76. The number of aromatic nitrogens is 2. The van der Waals surface area contributed by atoms with E-state index in [1.165, 1.54) is 0 Å². The fraction of sp³-hybridized carbons (Fsp3) is 0.600. The molecule has 108 valence electrons. The molecule has 19 heavy (non-hydrogen) atoms. The van der Waals surface area contributed by atoms with E-state index in [0.717, 1.165) is 0 Å². The molecular weight excluding hydrogens is 272 g/mol. The third-order valence-corrected chi connectivity index (χ3v) is 3.33. The van der Waals surface area contributed by atoms with Crippen molar-refractivity contribution in [3.8, 4) is 0 Å². The van der Waals surface area contributed by atoms with Gasteiger partial charge < -0.3 is 15.0 Å². The summed E-state index contributed by atoms with van der Waals surface area (Å²) in [6.45, 7) is 3.91. The third kappa shape index (κ3) is 4.21. The standard InChI is InChI=1S/C10H18N4O4S/c1-3-18-10(15)8-9(11)14(7(2)13-8)5-4-6-19(12,16)17/h3-6,11H2,1-2H3,(H2,12,16,17). The lowest BCUT2D eigenvalue weighted by Crippen LogP contribution is -2.18. The van der Waals surface area contributed by atoms with Crippen LogP contribution in [0.4, 0.5) is 5.82 Å². The number of primary sulfonamides is 1. The highest BCUT2D eigenvalue weighted by atomic mass is 32.2. The molecule has 1 aromatic heterocycles. The number of aryl methyl sites for hydroxylation is 1. The van der Waals surface area contributed by atoms with Gasteiger partial charge in [0, 0.05) is 6.54 Å². The molecule has 0 aliphatic carbocycles. The van der Waals surface area contributed by atoms with E-state index in [1.807, 2.05) is 0 Å². The van der Waals surface area contributed by atoms with Gasteiger partial charge in [0.25, 0.3) is 0 Å². The Bertz CT molecular complexity index is 564. The molecular formula is C10H18N4O4S. The van der Waals surface area contributed by atoms with E-state index in [9.17, 15) is 13.2 Å². The van der Waals surface area contributed by atoms with Gasteiger partial charge in [-0.3, -0.25) is 0 Å². The molecule has 0 saturated heterocycles. The number of ether oxygens (including phenoxy) is 1. The molecule has 0 atom stereocenters. The van der Waals surface area contributed by atoms with Gasteiger partial charge >= 0.3 is 5.97 Å². The number of hydrogen-bond acceptors (Lipinski definition) is 6. The second-order valence-electron chi connectivity index (χ2n) is 3.99. The molecule has 0 unspecified atom stereocenters. The Morgan fingerprint density at radius 1 is 1.47 bits per heavy atom. The summed E-state index contributed by atoms with van der Waals surface area (Å²) in [5, 5.41) is 4.91. The van der Waals surface area contributed by atoms with Crippen LogP contribution in [0.15, 0.2) is 0 Å². The summed E-state index contributed by atoms with van der Waals surface area (Å²) in [4.78, 5) is 15.6. The summed E-state index contributed by atoms with van der Waals surface area (Å²) in [6.07, 6.45) is 0.294. The van der Waals surface area contributed by atoms with Crippen LogP contribution in [0.5, 0.6) is 0 Å². The van der Waals surface area contributed by atoms with Crippen molar-refractivity contribution in [2.45, 2.75) is 26.8 Å². The van der Waals surface area contributed by atoms with Crippen molar-refractivity contribution in [2.75, 3.05) is 18.1 Å². The zero-order valence-corrected chi connectivity index (χ0v) is 11.7. The van der Waals surface area contributed by atoms with E-state index in [2.05, 4.69) is 4.98 Å². The van der Waals surface area contributed by atoms with Crippen LogP contribution >= 0.6 is 0 Å². The highest BCUT2D eigenvalue weighted by Gasteiger charge is 2.19. The normalized spacial score (nSPS) is 11.5. The molecule has 0 amide bonds. The lowest BCUT2D eigenvalue weighted by molar-refractivity contribution is 0.0521. The molecule has 0 saturated carbocycles. The number of nitrogens with zero attached hydrogens (tertiary/aromatic N) is 2. The van der Waals surface area contributed by atoms with Crippen LogP contribution in [-0.2, 0) is 21.3 Å². The molecule has 0 aliphatic heterocycles. The van der Waals surface area contributed by atoms with Crippen LogP contribution < -0.4 is 10.9 Å². The average Bonchev–Trinajstić information content (AvgIpc) is 2.55. The van der Waals surface area contributed by atoms with E-state index in [0.29, 0.717) is 18.8 Å². The summed E-state index contributed by atoms with van der Waals surface area (Å²) in [5.74, 6) is -0.0487. The first-order chi connectivity index (χ1) is 8.76. The number of anilines is 1. The summed E-state index contributed by atoms with van der Waals surface area (Å²) in [5.41, 5.74) is 5.85. The lowest BCUT2D eigenvalue weighted by Gasteiger charge is -2.07. The zero-order valence-electron chi connectivity index (χ0n) is 10.9. The Hall–Kier alpha value is -1.61. The second kappa shape index (κ2) is 6.02. The van der Waals surface area contributed by atoms with Crippen LogP contribution in [-0.4, -0.2) is 36.3 Å². The molecule has 0 aromatic carbocycles. The largest absolute Gasteiger partial charge is 0.461 e. The predicted octanol–water partition coefficient (Wildman–Crippen LogP) is -0.371. The second-order valence-corrected chi connectivity index (χ2v) is 5.72. The van der Waals surface area contributed by atoms with E-state index < -0.39 is 16.0 Å². The first-order valence-corrected chi connectivity index (χ1v) is 7.48. The number of nitrogens with two attached hydrogens (primary N) is 2. The maximum Gasteiger partial charge on any atom is 0.360 e. The molecule has 1 heterocycles. The summed E-state index contributed by atoms with van der Waals surface area (Å²) >= 11 is 0. The molecule has 8 nitrogen and oxygen atoms in total. The molecule has 1 aromatic rings. The Balaban J connectivity index is 2.82. The zero-order chi connectivity index (χ0) is 14.6. The number of carbonyl (C=O) groups is 1. The Morgan fingerprint density at radius 2 is 2.11 bits per heavy atom. The van der Waals surface area contributed by atoms with Gasteiger partial charge in [-0.05, 0) is 20.3 Å². The molecule has 4 N–H and O–H groups in total. The van der Waals surface area contributed by atoms with Gasteiger partial charge in [-0.2, -0.15) is 0 Å². The van der Waals surface area contributed by atoms with E-state index in [1.54, 1.807) is 18.4 Å².